The molecule has 5 rings (SSSR count). The van der Waals surface area contributed by atoms with Gasteiger partial charge in [-0.15, -0.1) is 0 Å². The maximum absolute atomic E-state index is 14.6. The molecule has 2 fully saturated rings. The lowest BCUT2D eigenvalue weighted by molar-refractivity contribution is -0.125. The topological polar surface area (TPSA) is 122 Å². The van der Waals surface area contributed by atoms with E-state index in [4.69, 9.17) is 5.73 Å². The number of amides is 1. The molecule has 6 bridgehead atoms. The summed E-state index contributed by atoms with van der Waals surface area (Å²) in [6.45, 7) is 0. The molecule has 7 nitrogen and oxygen atoms in total. The fraction of sp³-hybridized carbons (Fsp3) is 0.435. The number of nitriles is 1. The van der Waals surface area contributed by atoms with Crippen LogP contribution in [-0.4, -0.2) is 32.7 Å². The van der Waals surface area contributed by atoms with Crippen LogP contribution in [0.4, 0.5) is 16.0 Å². The van der Waals surface area contributed by atoms with Crippen molar-refractivity contribution in [1.29, 1.82) is 5.26 Å². The number of primary amides is 1. The first-order chi connectivity index (χ1) is 15.4. The fourth-order valence-corrected chi connectivity index (χ4v) is 7.14. The maximum atomic E-state index is 14.6. The average Bonchev–Trinajstić information content (AvgIpc) is 3.32. The van der Waals surface area contributed by atoms with E-state index in [0.717, 1.165) is 19.0 Å². The highest BCUT2D eigenvalue weighted by Crippen LogP contribution is 2.56. The minimum absolute atomic E-state index is 0.0483. The zero-order chi connectivity index (χ0) is 22.4. The second kappa shape index (κ2) is 8.17. The van der Waals surface area contributed by atoms with E-state index in [-0.39, 0.29) is 58.7 Å². The summed E-state index contributed by atoms with van der Waals surface area (Å²) in [6, 6.07) is 7.24. The Morgan fingerprint density at radius 3 is 2.94 bits per heavy atom. The van der Waals surface area contributed by atoms with Gasteiger partial charge >= 0.3 is 0 Å². The zero-order valence-corrected chi connectivity index (χ0v) is 18.1. The van der Waals surface area contributed by atoms with Crippen molar-refractivity contribution in [1.82, 2.24) is 9.97 Å². The summed E-state index contributed by atoms with van der Waals surface area (Å²) in [5, 5.41) is 12.7. The van der Waals surface area contributed by atoms with Crippen LogP contribution in [0.25, 0.3) is 0 Å². The standard InChI is InChI=1S/C23H22FN5O2S/c24-18-9-27-23-28-14-2-1-11(8-25)12(3-14)4-15(30)10-32-20-6-13-5-16(20)17(7-19(18)29-23)21(13)22(26)31/h1-3,9,13,16-17,20-21H,4-7,10H2,(H2,26,31)(H,27,28,29)/t13-,16+,17-,20-,21+/m1/s1. The number of nitrogens with two attached hydrogens (primary N) is 1. The highest BCUT2D eigenvalue weighted by molar-refractivity contribution is 8.00. The number of fused-ring (bicyclic) bond motifs is 5. The Morgan fingerprint density at radius 2 is 2.16 bits per heavy atom. The molecule has 3 aliphatic rings. The molecule has 1 aliphatic heterocycles. The summed E-state index contributed by atoms with van der Waals surface area (Å²) in [6.07, 6.45) is 3.30. The van der Waals surface area contributed by atoms with Crippen molar-refractivity contribution in [2.45, 2.75) is 30.9 Å². The second-order valence-corrected chi connectivity index (χ2v) is 10.1. The lowest BCUT2D eigenvalue weighted by atomic mass is 9.76. The molecule has 164 valence electrons. The van der Waals surface area contributed by atoms with Gasteiger partial charge in [0.05, 0.1) is 29.3 Å². The smallest absolute Gasteiger partial charge is 0.227 e. The van der Waals surface area contributed by atoms with Gasteiger partial charge in [-0.2, -0.15) is 17.0 Å². The third kappa shape index (κ3) is 3.73. The molecule has 3 N–H and O–H groups in total. The fourth-order valence-electron chi connectivity index (χ4n) is 5.69. The summed E-state index contributed by atoms with van der Waals surface area (Å²) >= 11 is 1.61. The number of benzene rings is 1. The van der Waals surface area contributed by atoms with Gasteiger partial charge in [0.25, 0.3) is 0 Å². The molecule has 0 spiro atoms. The van der Waals surface area contributed by atoms with Crippen LogP contribution < -0.4 is 11.1 Å². The number of thioether (sulfide) groups is 1. The molecule has 0 radical (unpaired) electrons. The molecule has 5 atom stereocenters. The Balaban J connectivity index is 1.55. The molecule has 0 saturated heterocycles. The third-order valence-corrected chi connectivity index (χ3v) is 8.47. The van der Waals surface area contributed by atoms with E-state index < -0.39 is 5.82 Å². The van der Waals surface area contributed by atoms with E-state index in [1.165, 1.54) is 0 Å². The van der Waals surface area contributed by atoms with E-state index in [0.29, 0.717) is 29.0 Å². The van der Waals surface area contributed by atoms with Gasteiger partial charge < -0.3 is 11.1 Å². The Hall–Kier alpha value is -2.99. The van der Waals surface area contributed by atoms with Crippen LogP contribution in [0.2, 0.25) is 0 Å². The van der Waals surface area contributed by atoms with Crippen molar-refractivity contribution < 1.29 is 14.0 Å². The van der Waals surface area contributed by atoms with Gasteiger partial charge in [0.1, 0.15) is 5.78 Å². The van der Waals surface area contributed by atoms with Gasteiger partial charge in [0.15, 0.2) is 5.82 Å². The van der Waals surface area contributed by atoms with Crippen LogP contribution in [0.15, 0.2) is 24.4 Å². The quantitative estimate of drug-likeness (QED) is 0.684. The normalized spacial score (nSPS) is 28.9. The molecule has 1 amide bonds. The van der Waals surface area contributed by atoms with Crippen molar-refractivity contribution in [3.8, 4) is 6.07 Å². The molecular weight excluding hydrogens is 429 g/mol. The average molecular weight is 452 g/mol. The SMILES string of the molecule is N#Cc1ccc2cc1CC(=O)CS[C@@H]1C[C@H]3C[C@H]1[C@@H](Cc1nc(ncc1F)N2)[C@H]3C(N)=O. The number of aromatic nitrogens is 2. The van der Waals surface area contributed by atoms with E-state index in [1.807, 2.05) is 0 Å². The summed E-state index contributed by atoms with van der Waals surface area (Å²) in [5.41, 5.74) is 7.70. The predicted molar refractivity (Wildman–Crippen MR) is 117 cm³/mol. The first-order valence-electron chi connectivity index (χ1n) is 10.7. The highest BCUT2D eigenvalue weighted by Gasteiger charge is 2.54. The molecule has 9 heteroatoms. The first kappa shape index (κ1) is 20.9. The number of rotatable bonds is 1. The highest BCUT2D eigenvalue weighted by atomic mass is 32.2. The predicted octanol–water partition coefficient (Wildman–Crippen LogP) is 2.76. The van der Waals surface area contributed by atoms with E-state index in [1.54, 1.807) is 30.0 Å². The number of nitrogens with one attached hydrogen (secondary N) is 1. The number of anilines is 2. The minimum Gasteiger partial charge on any atom is -0.369 e. The molecule has 1 aromatic carbocycles. The van der Waals surface area contributed by atoms with Crippen molar-refractivity contribution >= 4 is 35.1 Å². The van der Waals surface area contributed by atoms with Crippen LogP contribution in [0, 0.1) is 40.8 Å². The molecule has 2 aromatic rings. The van der Waals surface area contributed by atoms with Crippen molar-refractivity contribution in [3.05, 3.63) is 47.0 Å². The van der Waals surface area contributed by atoms with Crippen LogP contribution in [0.1, 0.15) is 29.7 Å². The summed E-state index contributed by atoms with van der Waals surface area (Å²) in [7, 11) is 0. The third-order valence-electron chi connectivity index (χ3n) is 7.01. The van der Waals surface area contributed by atoms with Crippen LogP contribution in [0.5, 0.6) is 0 Å². The van der Waals surface area contributed by atoms with Gasteiger partial charge in [0.2, 0.25) is 11.9 Å². The summed E-state index contributed by atoms with van der Waals surface area (Å²) < 4.78 is 14.6. The van der Waals surface area contributed by atoms with Gasteiger partial charge in [-0.1, -0.05) is 0 Å². The lowest BCUT2D eigenvalue weighted by Crippen LogP contribution is -2.39. The van der Waals surface area contributed by atoms with E-state index in [2.05, 4.69) is 21.4 Å². The van der Waals surface area contributed by atoms with Gasteiger partial charge in [0, 0.05) is 23.3 Å². The number of hydrogen-bond donors (Lipinski definition) is 2. The first-order valence-corrected chi connectivity index (χ1v) is 11.7. The Bertz CT molecular complexity index is 1150. The zero-order valence-electron chi connectivity index (χ0n) is 17.3. The number of ketones is 1. The number of hydrogen-bond acceptors (Lipinski definition) is 7. The minimum atomic E-state index is -0.509. The number of carbonyl (C=O) groups excluding carboxylic acids is 2. The van der Waals surface area contributed by atoms with E-state index >= 15 is 0 Å². The number of Topliss-reactive ketones (excluding diaryl/α,β-unsaturated/α-hetero) is 1. The van der Waals surface area contributed by atoms with Crippen molar-refractivity contribution in [2.24, 2.45) is 29.4 Å². The molecule has 1 aromatic heterocycles. The number of nitrogens with zero attached hydrogens (tertiary/aromatic N) is 3. The molecule has 0 unspecified atom stereocenters. The maximum Gasteiger partial charge on any atom is 0.227 e. The van der Waals surface area contributed by atoms with Gasteiger partial charge in [-0.05, 0) is 60.8 Å². The molecular formula is C23H22FN5O2S. The summed E-state index contributed by atoms with van der Waals surface area (Å²) in [4.78, 5) is 33.4. The van der Waals surface area contributed by atoms with Crippen LogP contribution in [0.3, 0.4) is 0 Å². The Kier molecular flexibility index (Phi) is 5.33. The lowest BCUT2D eigenvalue weighted by Gasteiger charge is -2.34. The van der Waals surface area contributed by atoms with Crippen molar-refractivity contribution in [3.63, 3.8) is 0 Å². The Morgan fingerprint density at radius 1 is 1.31 bits per heavy atom. The largest absolute Gasteiger partial charge is 0.369 e. The molecule has 32 heavy (non-hydrogen) atoms. The number of carbonyl (C=O) groups is 2. The monoisotopic (exact) mass is 451 g/mol. The van der Waals surface area contributed by atoms with Crippen LogP contribution in [-0.2, 0) is 22.4 Å². The summed E-state index contributed by atoms with van der Waals surface area (Å²) in [5.74, 6) is -0.300. The second-order valence-electron chi connectivity index (χ2n) is 8.85. The number of halogens is 1. The Labute approximate surface area is 189 Å². The van der Waals surface area contributed by atoms with E-state index in [9.17, 15) is 19.2 Å². The van der Waals surface area contributed by atoms with Gasteiger partial charge in [-0.25, -0.2) is 14.4 Å². The molecule has 2 aliphatic carbocycles. The molecule has 2 heterocycles. The van der Waals surface area contributed by atoms with Crippen LogP contribution >= 0.6 is 11.8 Å². The van der Waals surface area contributed by atoms with Gasteiger partial charge in [-0.3, -0.25) is 9.59 Å². The van der Waals surface area contributed by atoms with Crippen molar-refractivity contribution in [2.75, 3.05) is 11.1 Å². The molecule has 2 saturated carbocycles.